The quantitative estimate of drug-likeness (QED) is 0.505. The summed E-state index contributed by atoms with van der Waals surface area (Å²) in [5.74, 6) is 0.819. The molecule has 3 heterocycles. The molecule has 0 aliphatic heterocycles. The number of H-pyrrole nitrogens is 1. The fourth-order valence-electron chi connectivity index (χ4n) is 2.47. The highest BCUT2D eigenvalue weighted by molar-refractivity contribution is 7.13. The van der Waals surface area contributed by atoms with E-state index in [-0.39, 0.29) is 12.3 Å². The molecule has 0 fully saturated rings. The van der Waals surface area contributed by atoms with Crippen LogP contribution in [0.5, 0.6) is 5.75 Å². The number of methoxy groups -OCH3 is 1. The number of hydrogen-bond donors (Lipinski definition) is 1. The first-order valence-corrected chi connectivity index (χ1v) is 8.97. The Bertz CT molecular complexity index is 1040. The second-order valence-electron chi connectivity index (χ2n) is 5.63. The zero-order chi connectivity index (χ0) is 18.6. The Morgan fingerprint density at radius 3 is 2.81 bits per heavy atom. The van der Waals surface area contributed by atoms with Crippen LogP contribution in [0.15, 0.2) is 58.4 Å². The lowest BCUT2D eigenvalue weighted by atomic mass is 10.1. The van der Waals surface area contributed by atoms with Gasteiger partial charge in [0.1, 0.15) is 18.1 Å². The van der Waals surface area contributed by atoms with Crippen molar-refractivity contribution in [3.63, 3.8) is 0 Å². The summed E-state index contributed by atoms with van der Waals surface area (Å²) in [5.41, 5.74) is 2.37. The lowest BCUT2D eigenvalue weighted by Gasteiger charge is -1.99. The highest BCUT2D eigenvalue weighted by Gasteiger charge is 2.15. The molecule has 0 saturated carbocycles. The van der Waals surface area contributed by atoms with E-state index >= 15 is 0 Å². The van der Waals surface area contributed by atoms with Crippen molar-refractivity contribution >= 4 is 17.3 Å². The van der Waals surface area contributed by atoms with Crippen LogP contribution in [0.1, 0.15) is 16.2 Å². The number of carbonyl (C=O) groups is 1. The van der Waals surface area contributed by atoms with Crippen molar-refractivity contribution < 1.29 is 18.8 Å². The Balaban J connectivity index is 1.39. The van der Waals surface area contributed by atoms with Crippen LogP contribution >= 0.6 is 11.3 Å². The topological polar surface area (TPSA) is 90.2 Å². The molecule has 0 amide bonds. The van der Waals surface area contributed by atoms with Crippen molar-refractivity contribution in [2.75, 3.05) is 7.11 Å². The molecule has 1 aromatic carbocycles. The second-order valence-corrected chi connectivity index (χ2v) is 6.58. The summed E-state index contributed by atoms with van der Waals surface area (Å²) < 4.78 is 15.7. The number of benzene rings is 1. The molecule has 4 rings (SSSR count). The molecule has 0 saturated heterocycles. The Hall–Kier alpha value is -3.39. The van der Waals surface area contributed by atoms with Gasteiger partial charge in [0, 0.05) is 11.6 Å². The van der Waals surface area contributed by atoms with E-state index in [0.717, 1.165) is 21.9 Å². The van der Waals surface area contributed by atoms with Gasteiger partial charge >= 0.3 is 5.97 Å². The fourth-order valence-corrected chi connectivity index (χ4v) is 3.16. The number of thiophene rings is 1. The summed E-state index contributed by atoms with van der Waals surface area (Å²) in [6.45, 7) is -0.000314. The van der Waals surface area contributed by atoms with Gasteiger partial charge in [-0.3, -0.25) is 5.10 Å². The zero-order valence-electron chi connectivity index (χ0n) is 14.3. The van der Waals surface area contributed by atoms with E-state index < -0.39 is 5.97 Å². The van der Waals surface area contributed by atoms with Gasteiger partial charge in [-0.25, -0.2) is 4.79 Å². The first-order valence-electron chi connectivity index (χ1n) is 8.09. The van der Waals surface area contributed by atoms with Gasteiger partial charge in [-0.1, -0.05) is 11.2 Å². The van der Waals surface area contributed by atoms with Gasteiger partial charge in [-0.05, 0) is 41.8 Å². The molecule has 0 aliphatic carbocycles. The SMILES string of the molecule is COc1ccc(-c2cc(COC(=O)c3cc(-c4cccs4)[nH]n3)no2)cc1. The minimum absolute atomic E-state index is 0.000314. The Kier molecular flexibility index (Phi) is 4.71. The number of rotatable bonds is 6. The standard InChI is InChI=1S/C19H15N3O4S/c1-24-14-6-4-12(5-7-14)17-9-13(22-26-17)11-25-19(23)16-10-15(20-21-16)18-3-2-8-27-18/h2-10H,11H2,1H3,(H,20,21). The number of nitrogens with zero attached hydrogens (tertiary/aromatic N) is 2. The molecule has 1 N–H and O–H groups in total. The molecule has 0 unspecified atom stereocenters. The number of carbonyl (C=O) groups excluding carboxylic acids is 1. The van der Waals surface area contributed by atoms with Crippen LogP contribution in [-0.2, 0) is 11.3 Å². The summed E-state index contributed by atoms with van der Waals surface area (Å²) >= 11 is 1.56. The van der Waals surface area contributed by atoms with E-state index in [9.17, 15) is 4.79 Å². The van der Waals surface area contributed by atoms with Gasteiger partial charge in [0.05, 0.1) is 17.7 Å². The third-order valence-corrected chi connectivity index (χ3v) is 4.76. The average Bonchev–Trinajstić information content (AvgIpc) is 3.47. The number of aromatic nitrogens is 3. The molecule has 7 nitrogen and oxygen atoms in total. The third-order valence-electron chi connectivity index (χ3n) is 3.86. The average molecular weight is 381 g/mol. The summed E-state index contributed by atoms with van der Waals surface area (Å²) in [6.07, 6.45) is 0. The van der Waals surface area contributed by atoms with E-state index in [1.807, 2.05) is 41.8 Å². The summed E-state index contributed by atoms with van der Waals surface area (Å²) in [7, 11) is 1.61. The van der Waals surface area contributed by atoms with Crippen molar-refractivity contribution in [1.29, 1.82) is 0 Å². The monoisotopic (exact) mass is 381 g/mol. The lowest BCUT2D eigenvalue weighted by Crippen LogP contribution is -2.05. The van der Waals surface area contributed by atoms with E-state index in [1.165, 1.54) is 0 Å². The van der Waals surface area contributed by atoms with Gasteiger partial charge in [-0.2, -0.15) is 5.10 Å². The fraction of sp³-hybridized carbons (Fsp3) is 0.105. The third kappa shape index (κ3) is 3.75. The number of esters is 1. The second kappa shape index (κ2) is 7.46. The van der Waals surface area contributed by atoms with Crippen LogP contribution in [0, 0.1) is 0 Å². The normalized spacial score (nSPS) is 10.7. The van der Waals surface area contributed by atoms with Gasteiger partial charge in [-0.15, -0.1) is 11.3 Å². The number of ether oxygens (including phenoxy) is 2. The first-order chi connectivity index (χ1) is 13.2. The maximum atomic E-state index is 12.2. The van der Waals surface area contributed by atoms with Crippen molar-refractivity contribution in [1.82, 2.24) is 15.4 Å². The minimum Gasteiger partial charge on any atom is -0.497 e. The number of hydrogen-bond acceptors (Lipinski definition) is 7. The van der Waals surface area contributed by atoms with E-state index in [1.54, 1.807) is 30.6 Å². The van der Waals surface area contributed by atoms with Crippen molar-refractivity contribution in [2.45, 2.75) is 6.61 Å². The van der Waals surface area contributed by atoms with Crippen LogP contribution in [0.2, 0.25) is 0 Å². The molecule has 0 bridgehead atoms. The summed E-state index contributed by atoms with van der Waals surface area (Å²) in [5, 5.41) is 12.7. The molecule has 0 spiro atoms. The zero-order valence-corrected chi connectivity index (χ0v) is 15.2. The molecule has 0 aliphatic rings. The van der Waals surface area contributed by atoms with Gasteiger partial charge in [0.25, 0.3) is 0 Å². The number of nitrogens with one attached hydrogen (secondary N) is 1. The Morgan fingerprint density at radius 2 is 2.07 bits per heavy atom. The van der Waals surface area contributed by atoms with Crippen LogP contribution < -0.4 is 4.74 Å². The maximum absolute atomic E-state index is 12.2. The molecular formula is C19H15N3O4S. The summed E-state index contributed by atoms with van der Waals surface area (Å²) in [6, 6.07) is 14.7. The van der Waals surface area contributed by atoms with Gasteiger partial charge in [0.15, 0.2) is 11.5 Å². The largest absolute Gasteiger partial charge is 0.497 e. The molecule has 27 heavy (non-hydrogen) atoms. The van der Waals surface area contributed by atoms with Gasteiger partial charge in [0.2, 0.25) is 0 Å². The summed E-state index contributed by atoms with van der Waals surface area (Å²) in [4.78, 5) is 13.2. The van der Waals surface area contributed by atoms with E-state index in [4.69, 9.17) is 14.0 Å². The number of aromatic amines is 1. The van der Waals surface area contributed by atoms with Crippen LogP contribution in [0.4, 0.5) is 0 Å². The van der Waals surface area contributed by atoms with Crippen molar-refractivity contribution in [3.05, 3.63) is 65.3 Å². The highest BCUT2D eigenvalue weighted by atomic mass is 32.1. The van der Waals surface area contributed by atoms with E-state index in [2.05, 4.69) is 15.4 Å². The molecular weight excluding hydrogens is 366 g/mol. The first kappa shape index (κ1) is 17.0. The van der Waals surface area contributed by atoms with Crippen LogP contribution in [0.25, 0.3) is 21.9 Å². The maximum Gasteiger partial charge on any atom is 0.359 e. The molecule has 0 radical (unpaired) electrons. The predicted octanol–water partition coefficient (Wildman–Crippen LogP) is 4.16. The molecule has 3 aromatic heterocycles. The molecule has 8 heteroatoms. The Morgan fingerprint density at radius 1 is 1.22 bits per heavy atom. The van der Waals surface area contributed by atoms with Crippen molar-refractivity contribution in [2.24, 2.45) is 0 Å². The van der Waals surface area contributed by atoms with Crippen molar-refractivity contribution in [3.8, 4) is 27.6 Å². The van der Waals surface area contributed by atoms with Crippen LogP contribution in [0.3, 0.4) is 0 Å². The molecule has 136 valence electrons. The van der Waals surface area contributed by atoms with Gasteiger partial charge < -0.3 is 14.0 Å². The van der Waals surface area contributed by atoms with Crippen LogP contribution in [-0.4, -0.2) is 28.4 Å². The Labute approximate surface area is 158 Å². The van der Waals surface area contributed by atoms with E-state index in [0.29, 0.717) is 11.5 Å². The molecule has 0 atom stereocenters. The highest BCUT2D eigenvalue weighted by Crippen LogP contribution is 2.24. The minimum atomic E-state index is -0.525. The smallest absolute Gasteiger partial charge is 0.359 e. The molecule has 4 aromatic rings. The predicted molar refractivity (Wildman–Crippen MR) is 99.5 cm³/mol. The lowest BCUT2D eigenvalue weighted by molar-refractivity contribution is 0.0457.